The van der Waals surface area contributed by atoms with E-state index in [2.05, 4.69) is 20.0 Å². The summed E-state index contributed by atoms with van der Waals surface area (Å²) in [6, 6.07) is 1.46. The molecule has 8 heteroatoms. The van der Waals surface area contributed by atoms with Crippen LogP contribution in [-0.4, -0.2) is 29.0 Å². The topological polar surface area (TPSA) is 77.8 Å². The van der Waals surface area contributed by atoms with Crippen LogP contribution in [0, 0.1) is 0 Å². The Bertz CT molecular complexity index is 447. The lowest BCUT2D eigenvalue weighted by molar-refractivity contribution is -0.0222. The molecule has 0 atom stereocenters. The molecule has 0 aromatic carbocycles. The van der Waals surface area contributed by atoms with E-state index in [0.717, 1.165) is 0 Å². The highest BCUT2D eigenvalue weighted by molar-refractivity contribution is 5.37. The zero-order chi connectivity index (χ0) is 12.3. The highest BCUT2D eigenvalue weighted by Crippen LogP contribution is 2.29. The van der Waals surface area contributed by atoms with Gasteiger partial charge in [0, 0.05) is 37.0 Å². The Balaban J connectivity index is 2.13. The number of hydrogen-bond donors (Lipinski definition) is 0. The van der Waals surface area contributed by atoms with Crippen molar-refractivity contribution in [2.75, 3.05) is 18.0 Å². The van der Waals surface area contributed by atoms with E-state index < -0.39 is 5.92 Å². The van der Waals surface area contributed by atoms with Gasteiger partial charge in [0.2, 0.25) is 5.95 Å². The SMILES string of the molecule is [N-]=[N+]=Nc1ccnc(N2CCC(F)(F)CC2)n1. The van der Waals surface area contributed by atoms with Crippen molar-refractivity contribution < 1.29 is 8.78 Å². The summed E-state index contributed by atoms with van der Waals surface area (Å²) >= 11 is 0. The normalized spacial score (nSPS) is 18.6. The molecule has 1 fully saturated rings. The number of nitrogens with zero attached hydrogens (tertiary/aromatic N) is 6. The molecule has 1 saturated heterocycles. The Kier molecular flexibility index (Phi) is 3.06. The number of anilines is 1. The second-order valence-electron chi connectivity index (χ2n) is 3.75. The van der Waals surface area contributed by atoms with Crippen LogP contribution in [0.1, 0.15) is 12.8 Å². The fraction of sp³-hybridized carbons (Fsp3) is 0.556. The van der Waals surface area contributed by atoms with E-state index in [1.54, 1.807) is 4.90 Å². The highest BCUT2D eigenvalue weighted by Gasteiger charge is 2.34. The smallest absolute Gasteiger partial charge is 0.251 e. The van der Waals surface area contributed by atoms with Gasteiger partial charge in [-0.15, -0.1) is 0 Å². The maximum atomic E-state index is 13.0. The predicted molar refractivity (Wildman–Crippen MR) is 57.2 cm³/mol. The number of hydrogen-bond acceptors (Lipinski definition) is 4. The molecule has 0 saturated carbocycles. The van der Waals surface area contributed by atoms with Crippen molar-refractivity contribution in [1.29, 1.82) is 0 Å². The minimum atomic E-state index is -2.60. The Labute approximate surface area is 95.9 Å². The molecule has 0 radical (unpaired) electrons. The molecule has 1 aromatic heterocycles. The van der Waals surface area contributed by atoms with Crippen molar-refractivity contribution >= 4 is 11.8 Å². The van der Waals surface area contributed by atoms with E-state index in [-0.39, 0.29) is 31.7 Å². The first-order chi connectivity index (χ1) is 8.11. The largest absolute Gasteiger partial charge is 0.340 e. The number of alkyl halides is 2. The van der Waals surface area contributed by atoms with E-state index in [4.69, 9.17) is 5.53 Å². The van der Waals surface area contributed by atoms with Crippen molar-refractivity contribution in [2.24, 2.45) is 5.11 Å². The van der Waals surface area contributed by atoms with Crippen molar-refractivity contribution in [3.63, 3.8) is 0 Å². The standard InChI is InChI=1S/C9H10F2N6/c10-9(11)2-5-17(6-3-9)8-13-4-1-7(14-8)15-16-12/h1,4H,2-3,5-6H2. The lowest BCUT2D eigenvalue weighted by atomic mass is 10.1. The van der Waals surface area contributed by atoms with Crippen LogP contribution in [0.4, 0.5) is 20.5 Å². The number of rotatable bonds is 2. The lowest BCUT2D eigenvalue weighted by Crippen LogP contribution is -2.40. The molecule has 0 N–H and O–H groups in total. The van der Waals surface area contributed by atoms with Crippen molar-refractivity contribution in [2.45, 2.75) is 18.8 Å². The first kappa shape index (κ1) is 11.5. The van der Waals surface area contributed by atoms with Gasteiger partial charge in [0.1, 0.15) is 5.82 Å². The lowest BCUT2D eigenvalue weighted by Gasteiger charge is -2.31. The average molecular weight is 240 g/mol. The van der Waals surface area contributed by atoms with Gasteiger partial charge in [-0.1, -0.05) is 0 Å². The Morgan fingerprint density at radius 3 is 2.76 bits per heavy atom. The van der Waals surface area contributed by atoms with Crippen molar-refractivity contribution in [1.82, 2.24) is 9.97 Å². The molecule has 1 aliphatic heterocycles. The van der Waals surface area contributed by atoms with E-state index in [1.807, 2.05) is 0 Å². The third-order valence-electron chi connectivity index (χ3n) is 2.55. The summed E-state index contributed by atoms with van der Waals surface area (Å²) < 4.78 is 25.9. The van der Waals surface area contributed by atoms with Crippen molar-refractivity contribution in [3.05, 3.63) is 22.7 Å². The van der Waals surface area contributed by atoms with Crippen LogP contribution in [0.2, 0.25) is 0 Å². The summed E-state index contributed by atoms with van der Waals surface area (Å²) in [5.74, 6) is -2.08. The molecule has 1 aromatic rings. The molecule has 0 amide bonds. The fourth-order valence-corrected chi connectivity index (χ4v) is 1.63. The minimum Gasteiger partial charge on any atom is -0.340 e. The maximum absolute atomic E-state index is 13.0. The van der Waals surface area contributed by atoms with Crippen LogP contribution >= 0.6 is 0 Å². The van der Waals surface area contributed by atoms with E-state index >= 15 is 0 Å². The predicted octanol–water partition coefficient (Wildman–Crippen LogP) is 2.65. The molecular formula is C9H10F2N6. The van der Waals surface area contributed by atoms with Gasteiger partial charge in [-0.25, -0.2) is 18.7 Å². The molecule has 1 aliphatic rings. The quantitative estimate of drug-likeness (QED) is 0.453. The summed E-state index contributed by atoms with van der Waals surface area (Å²) in [5.41, 5.74) is 8.27. The van der Waals surface area contributed by atoms with Gasteiger partial charge in [-0.2, -0.15) is 0 Å². The summed E-state index contributed by atoms with van der Waals surface area (Å²) in [6.45, 7) is 0.402. The van der Waals surface area contributed by atoms with Crippen LogP contribution in [-0.2, 0) is 0 Å². The Morgan fingerprint density at radius 2 is 2.12 bits per heavy atom. The molecule has 0 aliphatic carbocycles. The maximum Gasteiger partial charge on any atom is 0.251 e. The van der Waals surface area contributed by atoms with Crippen molar-refractivity contribution in [3.8, 4) is 0 Å². The van der Waals surface area contributed by atoms with E-state index in [1.165, 1.54) is 12.3 Å². The zero-order valence-corrected chi connectivity index (χ0v) is 8.92. The second kappa shape index (κ2) is 4.50. The molecule has 0 unspecified atom stereocenters. The molecule has 2 heterocycles. The number of halogens is 2. The van der Waals surface area contributed by atoms with E-state index in [0.29, 0.717) is 5.95 Å². The molecule has 0 bridgehead atoms. The number of aromatic nitrogens is 2. The van der Waals surface area contributed by atoms with Gasteiger partial charge in [0.15, 0.2) is 0 Å². The van der Waals surface area contributed by atoms with Crippen LogP contribution < -0.4 is 4.90 Å². The Morgan fingerprint density at radius 1 is 1.41 bits per heavy atom. The number of azide groups is 1. The van der Waals surface area contributed by atoms with Gasteiger partial charge in [-0.3, -0.25) is 0 Å². The van der Waals surface area contributed by atoms with Crippen LogP contribution in [0.25, 0.3) is 10.4 Å². The molecule has 90 valence electrons. The molecule has 6 nitrogen and oxygen atoms in total. The van der Waals surface area contributed by atoms with Gasteiger partial charge >= 0.3 is 0 Å². The van der Waals surface area contributed by atoms with E-state index in [9.17, 15) is 8.78 Å². The van der Waals surface area contributed by atoms with Gasteiger partial charge in [-0.05, 0) is 16.7 Å². The summed E-state index contributed by atoms with van der Waals surface area (Å²) in [4.78, 5) is 12.2. The molecule has 17 heavy (non-hydrogen) atoms. The average Bonchev–Trinajstić information content (AvgIpc) is 2.30. The summed E-state index contributed by atoms with van der Waals surface area (Å²) in [6.07, 6.45) is 1.03. The van der Waals surface area contributed by atoms with Gasteiger partial charge in [0.25, 0.3) is 5.92 Å². The number of piperidine rings is 1. The third-order valence-corrected chi connectivity index (χ3v) is 2.55. The monoisotopic (exact) mass is 240 g/mol. The highest BCUT2D eigenvalue weighted by atomic mass is 19.3. The zero-order valence-electron chi connectivity index (χ0n) is 8.92. The molecule has 0 spiro atoms. The second-order valence-corrected chi connectivity index (χ2v) is 3.75. The summed E-state index contributed by atoms with van der Waals surface area (Å²) in [5, 5.41) is 3.35. The fourth-order valence-electron chi connectivity index (χ4n) is 1.63. The summed E-state index contributed by atoms with van der Waals surface area (Å²) in [7, 11) is 0. The first-order valence-corrected chi connectivity index (χ1v) is 5.12. The van der Waals surface area contributed by atoms with Crippen LogP contribution in [0.15, 0.2) is 17.4 Å². The van der Waals surface area contributed by atoms with Crippen LogP contribution in [0.3, 0.4) is 0 Å². The third kappa shape index (κ3) is 2.79. The van der Waals surface area contributed by atoms with Gasteiger partial charge < -0.3 is 4.90 Å². The molecular weight excluding hydrogens is 230 g/mol. The first-order valence-electron chi connectivity index (χ1n) is 5.12. The molecule has 2 rings (SSSR count). The van der Waals surface area contributed by atoms with Crippen LogP contribution in [0.5, 0.6) is 0 Å². The van der Waals surface area contributed by atoms with Gasteiger partial charge in [0.05, 0.1) is 0 Å². The Hall–Kier alpha value is -1.95. The minimum absolute atomic E-state index is 0.190.